The molecule has 1 aromatic rings. The summed E-state index contributed by atoms with van der Waals surface area (Å²) in [5, 5.41) is 13.1. The van der Waals surface area contributed by atoms with Gasteiger partial charge in [0.05, 0.1) is 26.9 Å². The van der Waals surface area contributed by atoms with Crippen LogP contribution < -0.4 is 9.47 Å². The van der Waals surface area contributed by atoms with E-state index in [0.717, 1.165) is 0 Å². The number of azide groups is 1. The fourth-order valence-electron chi connectivity index (χ4n) is 1.31. The van der Waals surface area contributed by atoms with E-state index in [1.54, 1.807) is 25.3 Å². The number of hydrogen-bond acceptors (Lipinski definition) is 4. The van der Waals surface area contributed by atoms with Gasteiger partial charge in [0, 0.05) is 16.5 Å². The third-order valence-electron chi connectivity index (χ3n) is 2.12. The van der Waals surface area contributed by atoms with Crippen LogP contribution in [0.4, 0.5) is 0 Å². The van der Waals surface area contributed by atoms with Gasteiger partial charge in [-0.05, 0) is 17.7 Å². The molecule has 1 aromatic carbocycles. The van der Waals surface area contributed by atoms with Crippen LogP contribution in [0.25, 0.3) is 10.4 Å². The van der Waals surface area contributed by atoms with E-state index in [2.05, 4.69) is 10.0 Å². The van der Waals surface area contributed by atoms with Crippen molar-refractivity contribution in [3.05, 3.63) is 34.2 Å². The molecule has 0 saturated heterocycles. The molecule has 1 atom stereocenters. The van der Waals surface area contributed by atoms with Crippen molar-refractivity contribution < 1.29 is 14.6 Å². The molecular formula is C10H13N3O3. The molecule has 0 aliphatic carbocycles. The second-order valence-electron chi connectivity index (χ2n) is 3.04. The highest BCUT2D eigenvalue weighted by atomic mass is 16.5. The van der Waals surface area contributed by atoms with E-state index in [9.17, 15) is 5.11 Å². The maximum absolute atomic E-state index is 9.74. The van der Waals surface area contributed by atoms with Gasteiger partial charge >= 0.3 is 0 Å². The summed E-state index contributed by atoms with van der Waals surface area (Å²) in [5.41, 5.74) is 8.73. The number of methoxy groups -OCH3 is 2. The minimum absolute atomic E-state index is 0.0286. The van der Waals surface area contributed by atoms with Crippen LogP contribution in [-0.2, 0) is 0 Å². The third-order valence-corrected chi connectivity index (χ3v) is 2.12. The molecule has 1 N–H and O–H groups in total. The number of rotatable bonds is 5. The van der Waals surface area contributed by atoms with E-state index >= 15 is 0 Å². The number of aliphatic hydroxyl groups excluding tert-OH is 1. The van der Waals surface area contributed by atoms with Crippen LogP contribution in [0.5, 0.6) is 11.5 Å². The Labute approximate surface area is 93.0 Å². The van der Waals surface area contributed by atoms with Gasteiger partial charge in [-0.1, -0.05) is 5.11 Å². The molecule has 0 amide bonds. The van der Waals surface area contributed by atoms with Crippen molar-refractivity contribution >= 4 is 0 Å². The fraction of sp³-hybridized carbons (Fsp3) is 0.400. The zero-order chi connectivity index (χ0) is 12.0. The van der Waals surface area contributed by atoms with Gasteiger partial charge in [-0.2, -0.15) is 0 Å². The van der Waals surface area contributed by atoms with Gasteiger partial charge in [0.25, 0.3) is 0 Å². The normalized spacial score (nSPS) is 11.4. The van der Waals surface area contributed by atoms with E-state index in [1.807, 2.05) is 0 Å². The summed E-state index contributed by atoms with van der Waals surface area (Å²) in [5.74, 6) is 1.14. The number of benzene rings is 1. The zero-order valence-corrected chi connectivity index (χ0v) is 9.12. The smallest absolute Gasteiger partial charge is 0.128 e. The molecule has 0 saturated carbocycles. The summed E-state index contributed by atoms with van der Waals surface area (Å²) < 4.78 is 10.1. The maximum atomic E-state index is 9.74. The Balaban J connectivity index is 2.98. The maximum Gasteiger partial charge on any atom is 0.128 e. The quantitative estimate of drug-likeness (QED) is 0.470. The zero-order valence-electron chi connectivity index (χ0n) is 9.12. The Hall–Kier alpha value is -1.91. The Bertz CT molecular complexity index is 402. The van der Waals surface area contributed by atoms with Crippen LogP contribution in [-0.4, -0.2) is 25.9 Å². The topological polar surface area (TPSA) is 87.5 Å². The average molecular weight is 223 g/mol. The second kappa shape index (κ2) is 5.85. The highest BCUT2D eigenvalue weighted by Gasteiger charge is 2.13. The Kier molecular flexibility index (Phi) is 4.44. The lowest BCUT2D eigenvalue weighted by Gasteiger charge is -2.13. The predicted octanol–water partition coefficient (Wildman–Crippen LogP) is 2.05. The largest absolute Gasteiger partial charge is 0.497 e. The molecular weight excluding hydrogens is 210 g/mol. The van der Waals surface area contributed by atoms with Crippen LogP contribution in [0, 0.1) is 0 Å². The summed E-state index contributed by atoms with van der Waals surface area (Å²) in [6.07, 6.45) is -0.878. The molecule has 0 aromatic heterocycles. The van der Waals surface area contributed by atoms with E-state index in [0.29, 0.717) is 17.1 Å². The first-order valence-corrected chi connectivity index (χ1v) is 4.63. The van der Waals surface area contributed by atoms with Crippen LogP contribution >= 0.6 is 0 Å². The molecule has 0 heterocycles. The lowest BCUT2D eigenvalue weighted by atomic mass is 10.1. The molecule has 6 heteroatoms. The minimum Gasteiger partial charge on any atom is -0.497 e. The first-order valence-electron chi connectivity index (χ1n) is 4.63. The lowest BCUT2D eigenvalue weighted by Crippen LogP contribution is -2.03. The Morgan fingerprint density at radius 3 is 2.75 bits per heavy atom. The average Bonchev–Trinajstić information content (AvgIpc) is 2.34. The minimum atomic E-state index is -0.878. The molecule has 0 fully saturated rings. The Morgan fingerprint density at radius 1 is 1.44 bits per heavy atom. The molecule has 16 heavy (non-hydrogen) atoms. The number of ether oxygens (including phenoxy) is 2. The molecule has 1 unspecified atom stereocenters. The second-order valence-corrected chi connectivity index (χ2v) is 3.04. The first-order chi connectivity index (χ1) is 7.72. The summed E-state index contributed by atoms with van der Waals surface area (Å²) in [7, 11) is 3.05. The standard InChI is InChI=1S/C10H13N3O3/c1-15-7-3-4-8(10(5-7)16-2)9(14)6-12-13-11/h3-5,9,14H,6H2,1-2H3. The third kappa shape index (κ3) is 2.79. The molecule has 86 valence electrons. The summed E-state index contributed by atoms with van der Waals surface area (Å²) in [4.78, 5) is 2.59. The van der Waals surface area contributed by atoms with Gasteiger partial charge in [-0.15, -0.1) is 0 Å². The van der Waals surface area contributed by atoms with Crippen molar-refractivity contribution in [2.24, 2.45) is 5.11 Å². The van der Waals surface area contributed by atoms with Crippen LogP contribution in [0.15, 0.2) is 23.3 Å². The lowest BCUT2D eigenvalue weighted by molar-refractivity contribution is 0.182. The summed E-state index contributed by atoms with van der Waals surface area (Å²) in [6.45, 7) is -0.0286. The first kappa shape index (κ1) is 12.2. The van der Waals surface area contributed by atoms with Crippen molar-refractivity contribution in [2.75, 3.05) is 20.8 Å². The van der Waals surface area contributed by atoms with Crippen molar-refractivity contribution in [1.82, 2.24) is 0 Å². The monoisotopic (exact) mass is 223 g/mol. The van der Waals surface area contributed by atoms with Crippen LogP contribution in [0.2, 0.25) is 0 Å². The van der Waals surface area contributed by atoms with Crippen molar-refractivity contribution in [1.29, 1.82) is 0 Å². The SMILES string of the molecule is COc1ccc(C(O)CN=[N+]=[N-])c(OC)c1. The highest BCUT2D eigenvalue weighted by Crippen LogP contribution is 2.29. The highest BCUT2D eigenvalue weighted by molar-refractivity contribution is 5.42. The molecule has 0 radical (unpaired) electrons. The number of hydrogen-bond donors (Lipinski definition) is 1. The molecule has 0 aliphatic heterocycles. The van der Waals surface area contributed by atoms with Crippen molar-refractivity contribution in [3.63, 3.8) is 0 Å². The van der Waals surface area contributed by atoms with Crippen molar-refractivity contribution in [3.8, 4) is 11.5 Å². The molecule has 0 aliphatic rings. The van der Waals surface area contributed by atoms with Gasteiger partial charge < -0.3 is 14.6 Å². The van der Waals surface area contributed by atoms with Crippen molar-refractivity contribution in [2.45, 2.75) is 6.10 Å². The molecule has 0 spiro atoms. The number of nitrogens with zero attached hydrogens (tertiary/aromatic N) is 3. The fourth-order valence-corrected chi connectivity index (χ4v) is 1.31. The van der Waals surface area contributed by atoms with E-state index in [1.165, 1.54) is 7.11 Å². The van der Waals surface area contributed by atoms with Gasteiger partial charge in [0.2, 0.25) is 0 Å². The Morgan fingerprint density at radius 2 is 2.19 bits per heavy atom. The van der Waals surface area contributed by atoms with Gasteiger partial charge in [0.15, 0.2) is 0 Å². The molecule has 6 nitrogen and oxygen atoms in total. The van der Waals surface area contributed by atoms with E-state index in [-0.39, 0.29) is 6.54 Å². The molecule has 1 rings (SSSR count). The number of aliphatic hydroxyl groups is 1. The van der Waals surface area contributed by atoms with Crippen LogP contribution in [0.3, 0.4) is 0 Å². The van der Waals surface area contributed by atoms with Gasteiger partial charge in [-0.3, -0.25) is 0 Å². The summed E-state index contributed by atoms with van der Waals surface area (Å²) in [6, 6.07) is 5.04. The molecule has 0 bridgehead atoms. The van der Waals surface area contributed by atoms with E-state index in [4.69, 9.17) is 15.0 Å². The van der Waals surface area contributed by atoms with E-state index < -0.39 is 6.10 Å². The van der Waals surface area contributed by atoms with Gasteiger partial charge in [-0.25, -0.2) is 0 Å². The van der Waals surface area contributed by atoms with Crippen LogP contribution in [0.1, 0.15) is 11.7 Å². The summed E-state index contributed by atoms with van der Waals surface area (Å²) >= 11 is 0. The predicted molar refractivity (Wildman–Crippen MR) is 58.5 cm³/mol. The van der Waals surface area contributed by atoms with Gasteiger partial charge in [0.1, 0.15) is 11.5 Å².